The number of nitrogens with one attached hydrogen (secondary N) is 2. The lowest BCUT2D eigenvalue weighted by atomic mass is 10.3. The van der Waals surface area contributed by atoms with Crippen LogP contribution in [0.5, 0.6) is 0 Å². The Morgan fingerprint density at radius 2 is 2.25 bits per heavy atom. The summed E-state index contributed by atoms with van der Waals surface area (Å²) in [5, 5.41) is 6.58. The molecule has 2 amide bonds. The maximum absolute atomic E-state index is 12.2. The molecule has 126 valence electrons. The highest BCUT2D eigenvalue weighted by Crippen LogP contribution is 2.28. The molecule has 1 aromatic carbocycles. The van der Waals surface area contributed by atoms with Gasteiger partial charge in [0.1, 0.15) is 5.82 Å². The number of urea groups is 1. The minimum Gasteiger partial charge on any atom is -0.354 e. The first-order chi connectivity index (χ1) is 11.7. The molecule has 7 heteroatoms. The summed E-state index contributed by atoms with van der Waals surface area (Å²) in [7, 11) is 0. The van der Waals surface area contributed by atoms with Crippen molar-refractivity contribution in [2.24, 2.45) is 0 Å². The third-order valence-corrected chi connectivity index (χ3v) is 5.12. The summed E-state index contributed by atoms with van der Waals surface area (Å²) < 4.78 is 0. The number of hydrogen-bond donors (Lipinski definition) is 2. The number of thioether (sulfide) groups is 1. The molecular weight excluding hydrogens is 344 g/mol. The normalized spacial score (nSPS) is 16.9. The second-order valence-corrected chi connectivity index (χ2v) is 6.82. The van der Waals surface area contributed by atoms with E-state index in [-0.39, 0.29) is 12.1 Å². The fraction of sp³-hybridized carbons (Fsp3) is 0.294. The number of aromatic nitrogens is 1. The lowest BCUT2D eigenvalue weighted by Gasteiger charge is -2.18. The Bertz CT molecular complexity index is 713. The Labute approximate surface area is 150 Å². The van der Waals surface area contributed by atoms with Gasteiger partial charge in [-0.25, -0.2) is 9.78 Å². The van der Waals surface area contributed by atoms with Crippen molar-refractivity contribution in [1.29, 1.82) is 0 Å². The quantitative estimate of drug-likeness (QED) is 0.811. The minimum atomic E-state index is -0.197. The van der Waals surface area contributed by atoms with Gasteiger partial charge in [0.15, 0.2) is 0 Å². The Hall–Kier alpha value is -1.92. The maximum Gasteiger partial charge on any atom is 0.319 e. The van der Waals surface area contributed by atoms with E-state index in [0.717, 1.165) is 35.9 Å². The van der Waals surface area contributed by atoms with Crippen molar-refractivity contribution in [1.82, 2.24) is 10.3 Å². The molecule has 2 aromatic rings. The molecule has 0 aliphatic carbocycles. The van der Waals surface area contributed by atoms with E-state index in [0.29, 0.717) is 5.02 Å². The van der Waals surface area contributed by atoms with Gasteiger partial charge in [-0.3, -0.25) is 0 Å². The standard InChI is InChI=1S/C17H19ClN4OS/c1-24-15-10-12(5-6-14(15)18)20-17(23)21-13-7-9-22(11-13)16-4-2-3-8-19-16/h2-6,8,10,13H,7,9,11H2,1H3,(H2,20,21,23). The zero-order valence-corrected chi connectivity index (χ0v) is 14.9. The molecule has 1 fully saturated rings. The van der Waals surface area contributed by atoms with Gasteiger partial charge >= 0.3 is 6.03 Å². The average molecular weight is 363 g/mol. The molecule has 1 atom stereocenters. The van der Waals surface area contributed by atoms with Crippen LogP contribution in [0.1, 0.15) is 6.42 Å². The Morgan fingerprint density at radius 3 is 3.00 bits per heavy atom. The number of halogens is 1. The zero-order valence-electron chi connectivity index (χ0n) is 13.3. The first-order valence-corrected chi connectivity index (χ1v) is 9.33. The van der Waals surface area contributed by atoms with E-state index in [2.05, 4.69) is 20.5 Å². The largest absolute Gasteiger partial charge is 0.354 e. The molecule has 1 aromatic heterocycles. The molecule has 0 spiro atoms. The van der Waals surface area contributed by atoms with Crippen molar-refractivity contribution in [3.8, 4) is 0 Å². The summed E-state index contributed by atoms with van der Waals surface area (Å²) in [6, 6.07) is 11.2. The lowest BCUT2D eigenvalue weighted by Crippen LogP contribution is -2.39. The summed E-state index contributed by atoms with van der Waals surface area (Å²) >= 11 is 7.63. The number of benzene rings is 1. The number of pyridine rings is 1. The second-order valence-electron chi connectivity index (χ2n) is 5.57. The fourth-order valence-corrected chi connectivity index (χ4v) is 3.57. The van der Waals surface area contributed by atoms with Crippen molar-refractivity contribution in [3.05, 3.63) is 47.6 Å². The predicted octanol–water partition coefficient (Wildman–Crippen LogP) is 3.86. The number of rotatable bonds is 4. The molecule has 0 saturated carbocycles. The number of carbonyl (C=O) groups excluding carboxylic acids is 1. The van der Waals surface area contributed by atoms with Gasteiger partial charge in [-0.05, 0) is 43.0 Å². The molecule has 3 rings (SSSR count). The molecule has 1 aliphatic heterocycles. The van der Waals surface area contributed by atoms with E-state index >= 15 is 0 Å². The Balaban J connectivity index is 1.54. The Morgan fingerprint density at radius 1 is 1.38 bits per heavy atom. The van der Waals surface area contributed by atoms with Crippen molar-refractivity contribution >= 4 is 40.9 Å². The number of hydrogen-bond acceptors (Lipinski definition) is 4. The van der Waals surface area contributed by atoms with E-state index in [4.69, 9.17) is 11.6 Å². The Kier molecular flexibility index (Phi) is 5.48. The molecule has 2 heterocycles. The smallest absolute Gasteiger partial charge is 0.319 e. The predicted molar refractivity (Wildman–Crippen MR) is 100 cm³/mol. The number of carbonyl (C=O) groups is 1. The van der Waals surface area contributed by atoms with E-state index in [1.54, 1.807) is 30.1 Å². The number of amides is 2. The maximum atomic E-state index is 12.2. The third-order valence-electron chi connectivity index (χ3n) is 3.91. The topological polar surface area (TPSA) is 57.3 Å². The molecule has 5 nitrogen and oxygen atoms in total. The average Bonchev–Trinajstić information content (AvgIpc) is 3.05. The highest BCUT2D eigenvalue weighted by molar-refractivity contribution is 7.98. The number of nitrogens with zero attached hydrogens (tertiary/aromatic N) is 2. The summed E-state index contributed by atoms with van der Waals surface area (Å²) in [5.74, 6) is 0.949. The monoisotopic (exact) mass is 362 g/mol. The third kappa shape index (κ3) is 4.13. The van der Waals surface area contributed by atoms with Gasteiger partial charge in [0.25, 0.3) is 0 Å². The second kappa shape index (κ2) is 7.77. The molecular formula is C17H19ClN4OS. The van der Waals surface area contributed by atoms with Crippen LogP contribution in [0.3, 0.4) is 0 Å². The van der Waals surface area contributed by atoms with Crippen molar-refractivity contribution in [3.63, 3.8) is 0 Å². The van der Waals surface area contributed by atoms with Crippen molar-refractivity contribution in [2.45, 2.75) is 17.4 Å². The summed E-state index contributed by atoms with van der Waals surface area (Å²) in [5.41, 5.74) is 0.737. The van der Waals surface area contributed by atoms with Crippen LogP contribution in [0.25, 0.3) is 0 Å². The summed E-state index contributed by atoms with van der Waals surface area (Å²) in [4.78, 5) is 19.7. The van der Waals surface area contributed by atoms with Crippen LogP contribution in [0, 0.1) is 0 Å². The SMILES string of the molecule is CSc1cc(NC(=O)NC2CCN(c3ccccn3)C2)ccc1Cl. The molecule has 0 bridgehead atoms. The van der Waals surface area contributed by atoms with Crippen LogP contribution >= 0.6 is 23.4 Å². The minimum absolute atomic E-state index is 0.110. The molecule has 1 aliphatic rings. The van der Waals surface area contributed by atoms with E-state index in [1.165, 1.54) is 0 Å². The molecule has 0 radical (unpaired) electrons. The van der Waals surface area contributed by atoms with E-state index < -0.39 is 0 Å². The van der Waals surface area contributed by atoms with Crippen LogP contribution in [0.4, 0.5) is 16.3 Å². The van der Waals surface area contributed by atoms with Crippen LogP contribution in [0.2, 0.25) is 5.02 Å². The fourth-order valence-electron chi connectivity index (χ4n) is 2.72. The first-order valence-electron chi connectivity index (χ1n) is 7.73. The molecule has 1 unspecified atom stereocenters. The first kappa shape index (κ1) is 16.9. The van der Waals surface area contributed by atoms with Gasteiger partial charge in [-0.2, -0.15) is 0 Å². The zero-order chi connectivity index (χ0) is 16.9. The van der Waals surface area contributed by atoms with Crippen molar-refractivity contribution < 1.29 is 4.79 Å². The summed E-state index contributed by atoms with van der Waals surface area (Å²) in [6.45, 7) is 1.65. The highest BCUT2D eigenvalue weighted by Gasteiger charge is 2.24. The van der Waals surface area contributed by atoms with Gasteiger partial charge in [0, 0.05) is 35.9 Å². The van der Waals surface area contributed by atoms with E-state index in [1.807, 2.05) is 30.5 Å². The van der Waals surface area contributed by atoms with Gasteiger partial charge < -0.3 is 15.5 Å². The van der Waals surface area contributed by atoms with Crippen LogP contribution < -0.4 is 15.5 Å². The lowest BCUT2D eigenvalue weighted by molar-refractivity contribution is 0.249. The van der Waals surface area contributed by atoms with Gasteiger partial charge in [-0.1, -0.05) is 17.7 Å². The van der Waals surface area contributed by atoms with Gasteiger partial charge in [0.05, 0.1) is 5.02 Å². The van der Waals surface area contributed by atoms with E-state index in [9.17, 15) is 4.79 Å². The summed E-state index contributed by atoms with van der Waals surface area (Å²) in [6.07, 6.45) is 4.64. The highest BCUT2D eigenvalue weighted by atomic mass is 35.5. The van der Waals surface area contributed by atoms with Gasteiger partial charge in [-0.15, -0.1) is 11.8 Å². The van der Waals surface area contributed by atoms with Gasteiger partial charge in [0.2, 0.25) is 0 Å². The van der Waals surface area contributed by atoms with Crippen LogP contribution in [-0.4, -0.2) is 36.4 Å². The molecule has 2 N–H and O–H groups in total. The number of anilines is 2. The van der Waals surface area contributed by atoms with Crippen LogP contribution in [-0.2, 0) is 0 Å². The van der Waals surface area contributed by atoms with Crippen molar-refractivity contribution in [2.75, 3.05) is 29.6 Å². The molecule has 1 saturated heterocycles. The molecule has 24 heavy (non-hydrogen) atoms. The van der Waals surface area contributed by atoms with Crippen LogP contribution in [0.15, 0.2) is 47.5 Å².